The van der Waals surface area contributed by atoms with Crippen LogP contribution in [-0.4, -0.2) is 36.6 Å². The molecule has 0 saturated carbocycles. The molecule has 0 aliphatic heterocycles. The lowest BCUT2D eigenvalue weighted by molar-refractivity contribution is -0.115. The van der Waals surface area contributed by atoms with Crippen molar-refractivity contribution in [3.8, 4) is 11.5 Å². The Bertz CT molecular complexity index is 1040. The maximum absolute atomic E-state index is 12.4. The van der Waals surface area contributed by atoms with Crippen LogP contribution in [0.25, 0.3) is 0 Å². The number of ether oxygens (including phenoxy) is 2. The van der Waals surface area contributed by atoms with E-state index in [1.165, 1.54) is 30.2 Å². The number of halogens is 1. The van der Waals surface area contributed by atoms with Gasteiger partial charge in [0.05, 0.1) is 37.8 Å². The molecular formula is C21H19ClN2O4S2. The SMILES string of the molecule is COc1ccc(C(=O)CSc2nc(CC(=O)Nc3cc(Cl)ccc3OC)cs2)cc1. The number of nitrogens with zero attached hydrogens (tertiary/aromatic N) is 1. The van der Waals surface area contributed by atoms with Crippen molar-refractivity contribution in [3.63, 3.8) is 0 Å². The lowest BCUT2D eigenvalue weighted by Gasteiger charge is -2.10. The second kappa shape index (κ2) is 10.5. The van der Waals surface area contributed by atoms with E-state index in [2.05, 4.69) is 10.3 Å². The van der Waals surface area contributed by atoms with Gasteiger partial charge in [-0.25, -0.2) is 4.98 Å². The molecule has 0 aliphatic carbocycles. The number of carbonyl (C=O) groups excluding carboxylic acids is 2. The third-order valence-electron chi connectivity index (χ3n) is 4.05. The molecule has 0 bridgehead atoms. The van der Waals surface area contributed by atoms with Crippen molar-refractivity contribution in [2.24, 2.45) is 0 Å². The summed E-state index contributed by atoms with van der Waals surface area (Å²) >= 11 is 8.74. The molecule has 1 N–H and O–H groups in total. The van der Waals surface area contributed by atoms with E-state index in [9.17, 15) is 9.59 Å². The summed E-state index contributed by atoms with van der Waals surface area (Å²) in [6, 6.07) is 12.0. The molecule has 0 aliphatic rings. The zero-order valence-electron chi connectivity index (χ0n) is 16.3. The molecule has 3 aromatic rings. The van der Waals surface area contributed by atoms with Crippen LogP contribution in [0.5, 0.6) is 11.5 Å². The van der Waals surface area contributed by atoms with Crippen molar-refractivity contribution in [2.75, 3.05) is 25.3 Å². The minimum Gasteiger partial charge on any atom is -0.497 e. The van der Waals surface area contributed by atoms with Crippen molar-refractivity contribution < 1.29 is 19.1 Å². The Kier molecular flexibility index (Phi) is 7.73. The van der Waals surface area contributed by atoms with Gasteiger partial charge in [0.1, 0.15) is 11.5 Å². The van der Waals surface area contributed by atoms with E-state index in [1.807, 2.05) is 5.38 Å². The molecule has 6 nitrogen and oxygen atoms in total. The van der Waals surface area contributed by atoms with Crippen molar-refractivity contribution in [2.45, 2.75) is 10.8 Å². The molecule has 156 valence electrons. The molecule has 1 heterocycles. The zero-order valence-corrected chi connectivity index (χ0v) is 18.7. The van der Waals surface area contributed by atoms with E-state index >= 15 is 0 Å². The highest BCUT2D eigenvalue weighted by atomic mass is 35.5. The summed E-state index contributed by atoms with van der Waals surface area (Å²) in [4.78, 5) is 29.1. The van der Waals surface area contributed by atoms with Gasteiger partial charge in [-0.15, -0.1) is 11.3 Å². The van der Waals surface area contributed by atoms with Gasteiger partial charge in [0.25, 0.3) is 0 Å². The number of amides is 1. The number of benzene rings is 2. The van der Waals surface area contributed by atoms with E-state index in [0.29, 0.717) is 33.5 Å². The number of rotatable bonds is 9. The highest BCUT2D eigenvalue weighted by Gasteiger charge is 2.13. The molecule has 0 unspecified atom stereocenters. The number of hydrogen-bond donors (Lipinski definition) is 1. The van der Waals surface area contributed by atoms with Gasteiger partial charge in [-0.1, -0.05) is 23.4 Å². The summed E-state index contributed by atoms with van der Waals surface area (Å²) in [5.41, 5.74) is 1.76. The Hall–Kier alpha value is -2.55. The monoisotopic (exact) mass is 462 g/mol. The smallest absolute Gasteiger partial charge is 0.230 e. The number of hydrogen-bond acceptors (Lipinski definition) is 7. The number of aromatic nitrogens is 1. The molecule has 2 aromatic carbocycles. The van der Waals surface area contributed by atoms with Gasteiger partial charge >= 0.3 is 0 Å². The van der Waals surface area contributed by atoms with E-state index in [1.54, 1.807) is 49.6 Å². The molecule has 3 rings (SSSR count). The maximum atomic E-state index is 12.4. The molecule has 0 saturated heterocycles. The first-order valence-electron chi connectivity index (χ1n) is 8.86. The average Bonchev–Trinajstić information content (AvgIpc) is 3.19. The number of thiazole rings is 1. The minimum atomic E-state index is -0.230. The lowest BCUT2D eigenvalue weighted by atomic mass is 10.1. The first kappa shape index (κ1) is 22.1. The fraction of sp³-hybridized carbons (Fsp3) is 0.190. The Morgan fingerprint density at radius 1 is 1.13 bits per heavy atom. The van der Waals surface area contributed by atoms with Gasteiger partial charge in [-0.05, 0) is 42.5 Å². The average molecular weight is 463 g/mol. The molecule has 1 aromatic heterocycles. The summed E-state index contributed by atoms with van der Waals surface area (Å²) in [5, 5.41) is 5.10. The first-order chi connectivity index (χ1) is 14.5. The summed E-state index contributed by atoms with van der Waals surface area (Å²) in [6.45, 7) is 0. The summed E-state index contributed by atoms with van der Waals surface area (Å²) in [6.07, 6.45) is 0.110. The van der Waals surface area contributed by atoms with Crippen LogP contribution >= 0.6 is 34.7 Å². The third-order valence-corrected chi connectivity index (χ3v) is 6.35. The number of ketones is 1. The summed E-state index contributed by atoms with van der Waals surface area (Å²) in [5.74, 6) is 1.28. The second-order valence-electron chi connectivity index (χ2n) is 6.11. The van der Waals surface area contributed by atoms with Crippen LogP contribution in [0, 0.1) is 0 Å². The van der Waals surface area contributed by atoms with Crippen LogP contribution < -0.4 is 14.8 Å². The van der Waals surface area contributed by atoms with Gasteiger partial charge in [0.2, 0.25) is 5.91 Å². The number of nitrogens with one attached hydrogen (secondary N) is 1. The van der Waals surface area contributed by atoms with Gasteiger partial charge in [-0.2, -0.15) is 0 Å². The fourth-order valence-corrected chi connectivity index (χ4v) is 4.47. The molecule has 0 atom stereocenters. The van der Waals surface area contributed by atoms with Crippen LogP contribution in [-0.2, 0) is 11.2 Å². The second-order valence-corrected chi connectivity index (χ2v) is 8.63. The van der Waals surface area contributed by atoms with E-state index in [4.69, 9.17) is 21.1 Å². The summed E-state index contributed by atoms with van der Waals surface area (Å²) in [7, 11) is 3.11. The largest absolute Gasteiger partial charge is 0.497 e. The van der Waals surface area contributed by atoms with E-state index < -0.39 is 0 Å². The number of anilines is 1. The fourth-order valence-electron chi connectivity index (χ4n) is 2.56. The lowest BCUT2D eigenvalue weighted by Crippen LogP contribution is -2.15. The van der Waals surface area contributed by atoms with Crippen LogP contribution in [0.15, 0.2) is 52.2 Å². The quantitative estimate of drug-likeness (QED) is 0.357. The van der Waals surface area contributed by atoms with Crippen molar-refractivity contribution in [1.82, 2.24) is 4.98 Å². The van der Waals surface area contributed by atoms with E-state index in [0.717, 1.165) is 4.34 Å². The Morgan fingerprint density at radius 2 is 1.90 bits per heavy atom. The van der Waals surface area contributed by atoms with Crippen molar-refractivity contribution in [3.05, 3.63) is 64.1 Å². The molecule has 9 heteroatoms. The molecule has 0 fully saturated rings. The highest BCUT2D eigenvalue weighted by Crippen LogP contribution is 2.28. The maximum Gasteiger partial charge on any atom is 0.230 e. The van der Waals surface area contributed by atoms with Crippen LogP contribution in [0.4, 0.5) is 5.69 Å². The number of thioether (sulfide) groups is 1. The van der Waals surface area contributed by atoms with Crippen LogP contribution in [0.1, 0.15) is 16.1 Å². The first-order valence-corrected chi connectivity index (χ1v) is 11.1. The third kappa shape index (κ3) is 5.98. The highest BCUT2D eigenvalue weighted by molar-refractivity contribution is 8.01. The molecular weight excluding hydrogens is 444 g/mol. The van der Waals surface area contributed by atoms with Gasteiger partial charge in [-0.3, -0.25) is 9.59 Å². The molecule has 0 radical (unpaired) electrons. The normalized spacial score (nSPS) is 10.5. The van der Waals surface area contributed by atoms with Gasteiger partial charge in [0, 0.05) is 16.0 Å². The number of Topliss-reactive ketones (excluding diaryl/α,β-unsaturated/α-hetero) is 1. The Morgan fingerprint density at radius 3 is 2.60 bits per heavy atom. The van der Waals surface area contributed by atoms with Gasteiger partial charge in [0.15, 0.2) is 10.1 Å². The van der Waals surface area contributed by atoms with Crippen molar-refractivity contribution >= 4 is 52.1 Å². The molecule has 30 heavy (non-hydrogen) atoms. The molecule has 0 spiro atoms. The molecule has 1 amide bonds. The number of carbonyl (C=O) groups is 2. The summed E-state index contributed by atoms with van der Waals surface area (Å²) < 4.78 is 11.1. The predicted octanol–water partition coefficient (Wildman–Crippen LogP) is 4.97. The van der Waals surface area contributed by atoms with Crippen LogP contribution in [0.3, 0.4) is 0 Å². The van der Waals surface area contributed by atoms with Crippen LogP contribution in [0.2, 0.25) is 5.02 Å². The predicted molar refractivity (Wildman–Crippen MR) is 121 cm³/mol. The minimum absolute atomic E-state index is 0.00481. The van der Waals surface area contributed by atoms with Crippen molar-refractivity contribution in [1.29, 1.82) is 0 Å². The van der Waals surface area contributed by atoms with E-state index in [-0.39, 0.29) is 23.9 Å². The topological polar surface area (TPSA) is 77.5 Å². The van der Waals surface area contributed by atoms with Gasteiger partial charge < -0.3 is 14.8 Å². The number of methoxy groups -OCH3 is 2. The standard InChI is InChI=1S/C21H19ClN2O4S2/c1-27-16-6-3-13(4-7-16)18(25)12-30-21-23-15(11-29-21)10-20(26)24-17-9-14(22)5-8-19(17)28-2/h3-9,11H,10,12H2,1-2H3,(H,24,26). The zero-order chi connectivity index (χ0) is 21.5. The Labute approximate surface area is 187 Å². The Balaban J connectivity index is 1.54.